The molecule has 5 heteroatoms. The number of ether oxygens (including phenoxy) is 1. The van der Waals surface area contributed by atoms with Crippen LogP contribution >= 0.6 is 0 Å². The van der Waals surface area contributed by atoms with Crippen LogP contribution in [-0.4, -0.2) is 28.6 Å². The van der Waals surface area contributed by atoms with Gasteiger partial charge >= 0.3 is 0 Å². The fourth-order valence-corrected chi connectivity index (χ4v) is 3.19. The highest BCUT2D eigenvalue weighted by Gasteiger charge is 2.19. The summed E-state index contributed by atoms with van der Waals surface area (Å²) in [5.74, 6) is 2.61. The highest BCUT2D eigenvalue weighted by atomic mass is 16.5. The van der Waals surface area contributed by atoms with E-state index in [-0.39, 0.29) is 0 Å². The predicted octanol–water partition coefficient (Wildman–Crippen LogP) is 3.42. The Morgan fingerprint density at radius 2 is 2.00 bits per heavy atom. The Bertz CT molecular complexity index is 895. The van der Waals surface area contributed by atoms with Gasteiger partial charge < -0.3 is 9.64 Å². The molecular weight excluding hydrogens is 312 g/mol. The van der Waals surface area contributed by atoms with Gasteiger partial charge in [-0.25, -0.2) is 9.97 Å². The average molecular weight is 332 g/mol. The maximum Gasteiger partial charge on any atom is 0.163 e. The van der Waals surface area contributed by atoms with Crippen molar-refractivity contribution in [3.8, 4) is 17.1 Å². The Balaban J connectivity index is 1.65. The van der Waals surface area contributed by atoms with Gasteiger partial charge in [-0.15, -0.1) is 0 Å². The number of pyridine rings is 1. The number of hydrogen-bond donors (Lipinski definition) is 0. The molecule has 0 saturated heterocycles. The lowest BCUT2D eigenvalue weighted by molar-refractivity contribution is 0.413. The van der Waals surface area contributed by atoms with Crippen LogP contribution in [0.5, 0.6) is 5.75 Å². The van der Waals surface area contributed by atoms with Crippen LogP contribution in [0.25, 0.3) is 11.4 Å². The van der Waals surface area contributed by atoms with E-state index in [9.17, 15) is 0 Å². The van der Waals surface area contributed by atoms with Crippen molar-refractivity contribution in [3.63, 3.8) is 0 Å². The first kappa shape index (κ1) is 15.6. The molecule has 0 N–H and O–H groups in total. The van der Waals surface area contributed by atoms with Crippen LogP contribution < -0.4 is 9.64 Å². The van der Waals surface area contributed by atoms with Gasteiger partial charge in [0.15, 0.2) is 5.82 Å². The highest BCUT2D eigenvalue weighted by Crippen LogP contribution is 2.27. The lowest BCUT2D eigenvalue weighted by Crippen LogP contribution is -2.31. The fourth-order valence-electron chi connectivity index (χ4n) is 3.19. The average Bonchev–Trinajstić information content (AvgIpc) is 2.67. The number of anilines is 1. The van der Waals surface area contributed by atoms with Gasteiger partial charge in [-0.1, -0.05) is 6.07 Å². The van der Waals surface area contributed by atoms with Crippen molar-refractivity contribution in [2.24, 2.45) is 0 Å². The maximum absolute atomic E-state index is 5.33. The number of benzene rings is 1. The van der Waals surface area contributed by atoms with Crippen LogP contribution in [-0.2, 0) is 13.0 Å². The summed E-state index contributed by atoms with van der Waals surface area (Å²) in [5.41, 5.74) is 4.58. The van der Waals surface area contributed by atoms with E-state index in [0.717, 1.165) is 48.2 Å². The summed E-state index contributed by atoms with van der Waals surface area (Å²) < 4.78 is 5.33. The van der Waals surface area contributed by atoms with Gasteiger partial charge in [0.2, 0.25) is 0 Å². The van der Waals surface area contributed by atoms with Gasteiger partial charge in [-0.05, 0) is 48.7 Å². The SMILES string of the molecule is COc1ccc2c(c1)CCN(c1cc(C)nc(-c3cccnc3)n1)C2. The van der Waals surface area contributed by atoms with E-state index in [1.807, 2.05) is 31.2 Å². The molecule has 2 aromatic heterocycles. The zero-order valence-electron chi connectivity index (χ0n) is 14.4. The molecule has 5 nitrogen and oxygen atoms in total. The number of aromatic nitrogens is 3. The molecule has 0 spiro atoms. The number of hydrogen-bond acceptors (Lipinski definition) is 5. The van der Waals surface area contributed by atoms with E-state index < -0.39 is 0 Å². The molecule has 0 bridgehead atoms. The fraction of sp³-hybridized carbons (Fsp3) is 0.250. The number of rotatable bonds is 3. The molecule has 1 aliphatic heterocycles. The van der Waals surface area contributed by atoms with Crippen LogP contribution in [0, 0.1) is 6.92 Å². The number of methoxy groups -OCH3 is 1. The zero-order valence-corrected chi connectivity index (χ0v) is 14.4. The monoisotopic (exact) mass is 332 g/mol. The molecule has 126 valence electrons. The first-order chi connectivity index (χ1) is 12.2. The van der Waals surface area contributed by atoms with Crippen LogP contribution in [0.15, 0.2) is 48.8 Å². The second-order valence-corrected chi connectivity index (χ2v) is 6.24. The predicted molar refractivity (Wildman–Crippen MR) is 97.7 cm³/mol. The van der Waals surface area contributed by atoms with E-state index in [0.29, 0.717) is 0 Å². The molecule has 4 rings (SSSR count). The first-order valence-electron chi connectivity index (χ1n) is 8.40. The minimum absolute atomic E-state index is 0.726. The van der Waals surface area contributed by atoms with Crippen molar-refractivity contribution >= 4 is 5.82 Å². The van der Waals surface area contributed by atoms with Gasteiger partial charge in [-0.2, -0.15) is 0 Å². The summed E-state index contributed by atoms with van der Waals surface area (Å²) in [4.78, 5) is 15.8. The number of aryl methyl sites for hydroxylation is 1. The number of fused-ring (bicyclic) bond motifs is 1. The maximum atomic E-state index is 5.33. The van der Waals surface area contributed by atoms with E-state index in [1.165, 1.54) is 11.1 Å². The van der Waals surface area contributed by atoms with E-state index >= 15 is 0 Å². The molecule has 1 aromatic carbocycles. The molecule has 0 fully saturated rings. The van der Waals surface area contributed by atoms with Gasteiger partial charge in [0, 0.05) is 42.8 Å². The van der Waals surface area contributed by atoms with Gasteiger partial charge in [0.25, 0.3) is 0 Å². The minimum atomic E-state index is 0.726. The third-order valence-corrected chi connectivity index (χ3v) is 4.51. The third-order valence-electron chi connectivity index (χ3n) is 4.51. The molecule has 25 heavy (non-hydrogen) atoms. The summed E-state index contributed by atoms with van der Waals surface area (Å²) in [7, 11) is 1.71. The van der Waals surface area contributed by atoms with E-state index in [1.54, 1.807) is 19.5 Å². The summed E-state index contributed by atoms with van der Waals surface area (Å²) in [5, 5.41) is 0. The second kappa shape index (κ2) is 6.51. The van der Waals surface area contributed by atoms with Gasteiger partial charge in [0.1, 0.15) is 11.6 Å². The Morgan fingerprint density at radius 3 is 2.80 bits per heavy atom. The molecule has 0 saturated carbocycles. The molecule has 1 aliphatic rings. The lowest BCUT2D eigenvalue weighted by atomic mass is 9.99. The topological polar surface area (TPSA) is 51.1 Å². The first-order valence-corrected chi connectivity index (χ1v) is 8.40. The summed E-state index contributed by atoms with van der Waals surface area (Å²) in [6, 6.07) is 12.3. The normalized spacial score (nSPS) is 13.4. The van der Waals surface area contributed by atoms with Crippen molar-refractivity contribution in [1.29, 1.82) is 0 Å². The van der Waals surface area contributed by atoms with Crippen molar-refractivity contribution < 1.29 is 4.74 Å². The molecule has 3 aromatic rings. The quantitative estimate of drug-likeness (QED) is 0.735. The molecule has 0 aliphatic carbocycles. The van der Waals surface area contributed by atoms with Crippen LogP contribution in [0.4, 0.5) is 5.82 Å². The largest absolute Gasteiger partial charge is 0.497 e. The zero-order chi connectivity index (χ0) is 17.2. The Kier molecular flexibility index (Phi) is 4.06. The van der Waals surface area contributed by atoms with Crippen molar-refractivity contribution in [3.05, 3.63) is 65.6 Å². The second-order valence-electron chi connectivity index (χ2n) is 6.24. The third kappa shape index (κ3) is 3.18. The molecule has 3 heterocycles. The standard InChI is InChI=1S/C20H20N4O/c1-14-10-19(23-20(22-14)16-4-3-8-21-12-16)24-9-7-15-11-18(25-2)6-5-17(15)13-24/h3-6,8,10-12H,7,9,13H2,1-2H3. The number of nitrogens with zero attached hydrogens (tertiary/aromatic N) is 4. The lowest BCUT2D eigenvalue weighted by Gasteiger charge is -2.30. The van der Waals surface area contributed by atoms with Crippen molar-refractivity contribution in [1.82, 2.24) is 15.0 Å². The van der Waals surface area contributed by atoms with E-state index in [2.05, 4.69) is 27.0 Å². The smallest absolute Gasteiger partial charge is 0.163 e. The summed E-state index contributed by atoms with van der Waals surface area (Å²) >= 11 is 0. The van der Waals surface area contributed by atoms with Crippen molar-refractivity contribution in [2.45, 2.75) is 19.9 Å². The van der Waals surface area contributed by atoms with Crippen molar-refractivity contribution in [2.75, 3.05) is 18.6 Å². The Hall–Kier alpha value is -2.95. The Labute approximate surface area is 147 Å². The molecule has 0 atom stereocenters. The van der Waals surface area contributed by atoms with Crippen LogP contribution in [0.3, 0.4) is 0 Å². The van der Waals surface area contributed by atoms with Gasteiger partial charge in [-0.3, -0.25) is 4.98 Å². The van der Waals surface area contributed by atoms with Crippen LogP contribution in [0.2, 0.25) is 0 Å². The molecule has 0 radical (unpaired) electrons. The van der Waals surface area contributed by atoms with Crippen LogP contribution in [0.1, 0.15) is 16.8 Å². The summed E-state index contributed by atoms with van der Waals surface area (Å²) in [6.45, 7) is 3.79. The van der Waals surface area contributed by atoms with E-state index in [4.69, 9.17) is 9.72 Å². The van der Waals surface area contributed by atoms with Gasteiger partial charge in [0.05, 0.1) is 7.11 Å². The minimum Gasteiger partial charge on any atom is -0.497 e. The molecule has 0 unspecified atom stereocenters. The summed E-state index contributed by atoms with van der Waals surface area (Å²) in [6.07, 6.45) is 4.55. The molecular formula is C20H20N4O. The Morgan fingerprint density at radius 1 is 1.08 bits per heavy atom. The highest BCUT2D eigenvalue weighted by molar-refractivity contribution is 5.57. The molecule has 0 amide bonds.